The smallest absolute Gasteiger partial charge is 0.416 e. The molecular weight excluding hydrogens is 475 g/mol. The van der Waals surface area contributed by atoms with Crippen molar-refractivity contribution >= 4 is 28.3 Å². The number of carbonyl (C=O) groups excluding carboxylic acids is 1. The number of morpholine rings is 1. The van der Waals surface area contributed by atoms with Gasteiger partial charge in [-0.1, -0.05) is 0 Å². The second kappa shape index (κ2) is 9.81. The lowest BCUT2D eigenvalue weighted by molar-refractivity contribution is -0.138. The summed E-state index contributed by atoms with van der Waals surface area (Å²) in [4.78, 5) is 23.8. The summed E-state index contributed by atoms with van der Waals surface area (Å²) in [6.07, 6.45) is -4.52. The lowest BCUT2D eigenvalue weighted by Crippen LogP contribution is -2.40. The van der Waals surface area contributed by atoms with Crippen LogP contribution in [0.25, 0.3) is 10.9 Å². The summed E-state index contributed by atoms with van der Waals surface area (Å²) >= 11 is 0. The zero-order valence-electron chi connectivity index (χ0n) is 20.5. The van der Waals surface area contributed by atoms with Gasteiger partial charge >= 0.3 is 6.18 Å². The van der Waals surface area contributed by atoms with Crippen LogP contribution in [0.1, 0.15) is 45.8 Å². The van der Waals surface area contributed by atoms with Crippen molar-refractivity contribution in [3.05, 3.63) is 52.3 Å². The number of rotatable bonds is 5. The Morgan fingerprint density at radius 2 is 1.86 bits per heavy atom. The molecule has 8 nitrogen and oxygen atoms in total. The monoisotopic (exact) mass is 503 g/mol. The number of aryl methyl sites for hydroxylation is 1. The molecule has 3 N–H and O–H groups in total. The van der Waals surface area contributed by atoms with E-state index in [0.717, 1.165) is 6.07 Å². The van der Waals surface area contributed by atoms with Crippen LogP contribution in [-0.4, -0.2) is 54.2 Å². The number of carbonyl (C=O) groups is 1. The van der Waals surface area contributed by atoms with E-state index in [1.54, 1.807) is 30.9 Å². The fraction of sp³-hybridized carbons (Fsp3) is 0.400. The Balaban J connectivity index is 1.75. The van der Waals surface area contributed by atoms with E-state index in [4.69, 9.17) is 15.2 Å². The van der Waals surface area contributed by atoms with Crippen molar-refractivity contribution in [3.8, 4) is 5.75 Å². The van der Waals surface area contributed by atoms with Crippen molar-refractivity contribution in [2.45, 2.75) is 33.0 Å². The average Bonchev–Trinajstić information content (AvgIpc) is 2.83. The van der Waals surface area contributed by atoms with Gasteiger partial charge in [-0.15, -0.1) is 0 Å². The molecule has 0 spiro atoms. The Morgan fingerprint density at radius 3 is 2.50 bits per heavy atom. The van der Waals surface area contributed by atoms with Crippen LogP contribution < -0.4 is 15.8 Å². The number of hydrogen-bond acceptors (Lipinski definition) is 7. The first-order valence-corrected chi connectivity index (χ1v) is 11.5. The number of fused-ring (bicyclic) bond motifs is 1. The molecule has 1 aliphatic heterocycles. The molecule has 3 aromatic rings. The number of ether oxygens (including phenoxy) is 2. The number of hydrogen-bond donors (Lipinski definition) is 2. The van der Waals surface area contributed by atoms with Crippen LogP contribution >= 0.6 is 0 Å². The van der Waals surface area contributed by atoms with Gasteiger partial charge in [0.1, 0.15) is 17.4 Å². The lowest BCUT2D eigenvalue weighted by Gasteiger charge is -2.27. The van der Waals surface area contributed by atoms with Crippen LogP contribution in [0.2, 0.25) is 0 Å². The zero-order chi connectivity index (χ0) is 26.2. The number of alkyl halides is 3. The molecule has 0 bridgehead atoms. The molecule has 0 saturated carbocycles. The first-order valence-electron chi connectivity index (χ1n) is 11.5. The standard InChI is InChI=1S/C25H28F3N5O3/c1-13-17(9-16(29)10-20(13)25(26,27)28)14(2)30-23-18-12-22(35-4)19(11-21(18)31-15(3)32-23)24(34)33-5-7-36-8-6-33/h9-12,14H,5-8,29H2,1-4H3,(H,30,31,32). The van der Waals surface area contributed by atoms with Gasteiger partial charge in [-0.3, -0.25) is 4.79 Å². The van der Waals surface area contributed by atoms with Gasteiger partial charge < -0.3 is 25.4 Å². The normalized spacial score (nSPS) is 15.1. The molecule has 36 heavy (non-hydrogen) atoms. The number of amides is 1. The molecule has 4 rings (SSSR count). The van der Waals surface area contributed by atoms with Gasteiger partial charge in [0, 0.05) is 24.2 Å². The Kier molecular flexibility index (Phi) is 6.94. The first kappa shape index (κ1) is 25.5. The largest absolute Gasteiger partial charge is 0.496 e. The maximum atomic E-state index is 13.5. The maximum absolute atomic E-state index is 13.5. The highest BCUT2D eigenvalue weighted by Gasteiger charge is 2.34. The topological polar surface area (TPSA) is 103 Å². The summed E-state index contributed by atoms with van der Waals surface area (Å²) in [6.45, 7) is 6.75. The van der Waals surface area contributed by atoms with Crippen LogP contribution in [0.4, 0.5) is 24.7 Å². The van der Waals surface area contributed by atoms with E-state index in [-0.39, 0.29) is 17.2 Å². The summed E-state index contributed by atoms with van der Waals surface area (Å²) in [6, 6.07) is 5.23. The Hall–Kier alpha value is -3.60. The molecule has 11 heteroatoms. The number of anilines is 2. The number of aromatic nitrogens is 2. The minimum atomic E-state index is -4.52. The lowest BCUT2D eigenvalue weighted by atomic mass is 9.96. The number of methoxy groups -OCH3 is 1. The molecule has 0 radical (unpaired) electrons. The zero-order valence-corrected chi connectivity index (χ0v) is 20.5. The number of nitrogen functional groups attached to an aromatic ring is 1. The highest BCUT2D eigenvalue weighted by Crippen LogP contribution is 2.38. The highest BCUT2D eigenvalue weighted by atomic mass is 19.4. The van der Waals surface area contributed by atoms with E-state index < -0.39 is 17.8 Å². The number of nitrogens with zero attached hydrogens (tertiary/aromatic N) is 3. The quantitative estimate of drug-likeness (QED) is 0.494. The third-order valence-electron chi connectivity index (χ3n) is 6.25. The summed E-state index contributed by atoms with van der Waals surface area (Å²) in [5.41, 5.74) is 6.41. The minimum Gasteiger partial charge on any atom is -0.496 e. The summed E-state index contributed by atoms with van der Waals surface area (Å²) < 4.78 is 51.5. The second-order valence-electron chi connectivity index (χ2n) is 8.74. The summed E-state index contributed by atoms with van der Waals surface area (Å²) in [5, 5.41) is 3.78. The van der Waals surface area contributed by atoms with E-state index in [0.29, 0.717) is 65.7 Å². The van der Waals surface area contributed by atoms with E-state index in [2.05, 4.69) is 15.3 Å². The van der Waals surface area contributed by atoms with Gasteiger partial charge in [0.15, 0.2) is 0 Å². The van der Waals surface area contributed by atoms with Gasteiger partial charge in [-0.25, -0.2) is 9.97 Å². The molecular formula is C25H28F3N5O3. The average molecular weight is 504 g/mol. The number of benzene rings is 2. The molecule has 1 unspecified atom stereocenters. The predicted molar refractivity (Wildman–Crippen MR) is 130 cm³/mol. The van der Waals surface area contributed by atoms with Crippen LogP contribution in [0.3, 0.4) is 0 Å². The first-order chi connectivity index (χ1) is 17.0. The summed E-state index contributed by atoms with van der Waals surface area (Å²) in [7, 11) is 1.47. The van der Waals surface area contributed by atoms with Gasteiger partial charge in [0.2, 0.25) is 0 Å². The SMILES string of the molecule is COc1cc2c(NC(C)c3cc(N)cc(C(F)(F)F)c3C)nc(C)nc2cc1C(=O)N1CCOCC1. The highest BCUT2D eigenvalue weighted by molar-refractivity contribution is 6.02. The summed E-state index contributed by atoms with van der Waals surface area (Å²) in [5.74, 6) is 1.00. The van der Waals surface area contributed by atoms with Crippen LogP contribution in [0.5, 0.6) is 5.75 Å². The Morgan fingerprint density at radius 1 is 1.17 bits per heavy atom. The fourth-order valence-corrected chi connectivity index (χ4v) is 4.44. The Bertz CT molecular complexity index is 1310. The molecule has 1 saturated heterocycles. The van der Waals surface area contributed by atoms with Crippen molar-refractivity contribution < 1.29 is 27.4 Å². The minimum absolute atomic E-state index is 0.0215. The molecule has 1 amide bonds. The number of nitrogens with two attached hydrogens (primary N) is 1. The fourth-order valence-electron chi connectivity index (χ4n) is 4.44. The van der Waals surface area contributed by atoms with Crippen molar-refractivity contribution in [3.63, 3.8) is 0 Å². The molecule has 192 valence electrons. The van der Waals surface area contributed by atoms with Gasteiger partial charge in [0.05, 0.1) is 43.0 Å². The number of halogens is 3. The van der Waals surface area contributed by atoms with E-state index in [1.807, 2.05) is 0 Å². The van der Waals surface area contributed by atoms with E-state index in [1.165, 1.54) is 20.1 Å². The molecule has 1 aromatic heterocycles. The van der Waals surface area contributed by atoms with E-state index >= 15 is 0 Å². The van der Waals surface area contributed by atoms with Crippen LogP contribution in [-0.2, 0) is 10.9 Å². The third kappa shape index (κ3) is 5.01. The number of nitrogens with one attached hydrogen (secondary N) is 1. The molecule has 1 fully saturated rings. The van der Waals surface area contributed by atoms with Gasteiger partial charge in [0.25, 0.3) is 5.91 Å². The molecule has 1 aliphatic rings. The van der Waals surface area contributed by atoms with Crippen molar-refractivity contribution in [2.24, 2.45) is 0 Å². The van der Waals surface area contributed by atoms with Crippen molar-refractivity contribution in [1.82, 2.24) is 14.9 Å². The molecule has 2 heterocycles. The molecule has 1 atom stereocenters. The second-order valence-corrected chi connectivity index (χ2v) is 8.74. The van der Waals surface area contributed by atoms with Crippen LogP contribution in [0, 0.1) is 13.8 Å². The predicted octanol–water partition coefficient (Wildman–Crippen LogP) is 4.50. The molecule has 0 aliphatic carbocycles. The van der Waals surface area contributed by atoms with Gasteiger partial charge in [-0.2, -0.15) is 13.2 Å². The van der Waals surface area contributed by atoms with Crippen molar-refractivity contribution in [2.75, 3.05) is 44.5 Å². The third-order valence-corrected chi connectivity index (χ3v) is 6.25. The maximum Gasteiger partial charge on any atom is 0.416 e. The van der Waals surface area contributed by atoms with E-state index in [9.17, 15) is 18.0 Å². The van der Waals surface area contributed by atoms with Crippen LogP contribution in [0.15, 0.2) is 24.3 Å². The van der Waals surface area contributed by atoms with Crippen molar-refractivity contribution in [1.29, 1.82) is 0 Å². The van der Waals surface area contributed by atoms with Gasteiger partial charge in [-0.05, 0) is 56.2 Å². The molecule has 2 aromatic carbocycles. The Labute approximate surface area is 206 Å².